The molecule has 0 aromatic carbocycles. The third-order valence-corrected chi connectivity index (χ3v) is 3.68. The summed E-state index contributed by atoms with van der Waals surface area (Å²) in [6.45, 7) is 0.413. The molecule has 2 aromatic heterocycles. The molecule has 0 saturated carbocycles. The fraction of sp³-hybridized carbons (Fsp3) is 0.400. The van der Waals surface area contributed by atoms with Crippen molar-refractivity contribution < 1.29 is 14.3 Å². The summed E-state index contributed by atoms with van der Waals surface area (Å²) >= 11 is 0. The number of hydrogen-bond donors (Lipinski definition) is 2. The maximum Gasteiger partial charge on any atom is 0.371 e. The molecule has 6 heteroatoms. The number of aromatic carboxylic acids is 1. The second-order valence-corrected chi connectivity index (χ2v) is 5.13. The molecule has 0 aliphatic heterocycles. The Kier molecular flexibility index (Phi) is 3.85. The highest BCUT2D eigenvalue weighted by Crippen LogP contribution is 2.24. The summed E-state index contributed by atoms with van der Waals surface area (Å²) < 4.78 is 5.23. The zero-order valence-electron chi connectivity index (χ0n) is 11.6. The average molecular weight is 287 g/mol. The van der Waals surface area contributed by atoms with Crippen LogP contribution in [0.15, 0.2) is 22.9 Å². The number of nitrogens with one attached hydrogen (secondary N) is 1. The van der Waals surface area contributed by atoms with Crippen molar-refractivity contribution in [1.29, 1.82) is 0 Å². The normalized spacial score (nSPS) is 14.3. The van der Waals surface area contributed by atoms with Crippen molar-refractivity contribution in [2.45, 2.75) is 38.6 Å². The van der Waals surface area contributed by atoms with E-state index in [9.17, 15) is 4.79 Å². The predicted octanol–water partition coefficient (Wildman–Crippen LogP) is 2.65. The molecule has 0 saturated heterocycles. The molecule has 1 aliphatic rings. The maximum absolute atomic E-state index is 10.8. The van der Waals surface area contributed by atoms with Crippen molar-refractivity contribution in [1.82, 2.24) is 9.97 Å². The van der Waals surface area contributed by atoms with Gasteiger partial charge in [0.15, 0.2) is 0 Å². The lowest BCUT2D eigenvalue weighted by molar-refractivity contribution is 0.0660. The van der Waals surface area contributed by atoms with Crippen molar-refractivity contribution in [2.75, 3.05) is 5.32 Å². The van der Waals surface area contributed by atoms with Crippen LogP contribution in [-0.2, 0) is 19.4 Å². The van der Waals surface area contributed by atoms with Crippen LogP contribution in [0.4, 0.5) is 5.82 Å². The number of fused-ring (bicyclic) bond motifs is 1. The van der Waals surface area contributed by atoms with E-state index in [1.807, 2.05) is 0 Å². The van der Waals surface area contributed by atoms with Crippen LogP contribution >= 0.6 is 0 Å². The fourth-order valence-electron chi connectivity index (χ4n) is 2.61. The second-order valence-electron chi connectivity index (χ2n) is 5.13. The standard InChI is InChI=1S/C15H17N3O3/c19-15(20)13-7-6-10(21-13)8-16-14-11-4-2-1-3-5-12(11)17-9-18-14/h6-7,9H,1-5,8H2,(H,19,20)(H,16,17,18). The monoisotopic (exact) mass is 287 g/mol. The first-order chi connectivity index (χ1) is 10.2. The number of hydrogen-bond acceptors (Lipinski definition) is 5. The Morgan fingerprint density at radius 1 is 1.24 bits per heavy atom. The van der Waals surface area contributed by atoms with Gasteiger partial charge in [0.2, 0.25) is 5.76 Å². The largest absolute Gasteiger partial charge is 0.475 e. The molecule has 1 aliphatic carbocycles. The van der Waals surface area contributed by atoms with Crippen LogP contribution in [0.5, 0.6) is 0 Å². The molecule has 0 atom stereocenters. The Hall–Kier alpha value is -2.37. The lowest BCUT2D eigenvalue weighted by Gasteiger charge is -2.11. The molecule has 0 amide bonds. The molecule has 0 radical (unpaired) electrons. The molecule has 2 heterocycles. The molecule has 2 aromatic rings. The number of rotatable bonds is 4. The van der Waals surface area contributed by atoms with Gasteiger partial charge in [-0.15, -0.1) is 0 Å². The van der Waals surface area contributed by atoms with Crippen LogP contribution in [0.2, 0.25) is 0 Å². The summed E-state index contributed by atoms with van der Waals surface area (Å²) in [5.74, 6) is 0.300. The van der Waals surface area contributed by atoms with E-state index in [0.29, 0.717) is 12.3 Å². The molecule has 110 valence electrons. The molecule has 21 heavy (non-hydrogen) atoms. The van der Waals surface area contributed by atoms with Gasteiger partial charge in [-0.05, 0) is 37.8 Å². The summed E-state index contributed by atoms with van der Waals surface area (Å²) in [5.41, 5.74) is 2.30. The molecular weight excluding hydrogens is 270 g/mol. The van der Waals surface area contributed by atoms with Crippen molar-refractivity contribution in [3.05, 3.63) is 41.2 Å². The summed E-state index contributed by atoms with van der Waals surface area (Å²) in [6, 6.07) is 3.12. The molecule has 2 N–H and O–H groups in total. The van der Waals surface area contributed by atoms with Gasteiger partial charge < -0.3 is 14.8 Å². The fourth-order valence-corrected chi connectivity index (χ4v) is 2.61. The van der Waals surface area contributed by atoms with E-state index in [2.05, 4.69) is 15.3 Å². The number of aromatic nitrogens is 2. The molecule has 6 nitrogen and oxygen atoms in total. The van der Waals surface area contributed by atoms with E-state index in [1.165, 1.54) is 24.5 Å². The molecule has 0 spiro atoms. The minimum atomic E-state index is -1.06. The zero-order chi connectivity index (χ0) is 14.7. The van der Waals surface area contributed by atoms with Gasteiger partial charge in [0.05, 0.1) is 6.54 Å². The highest BCUT2D eigenvalue weighted by molar-refractivity contribution is 5.84. The number of anilines is 1. The molecule has 0 unspecified atom stereocenters. The number of carboxylic acids is 1. The minimum Gasteiger partial charge on any atom is -0.475 e. The SMILES string of the molecule is O=C(O)c1ccc(CNc2ncnc3c2CCCCC3)o1. The van der Waals surface area contributed by atoms with Crippen molar-refractivity contribution in [3.63, 3.8) is 0 Å². The Balaban J connectivity index is 1.74. The van der Waals surface area contributed by atoms with Gasteiger partial charge in [-0.25, -0.2) is 14.8 Å². The van der Waals surface area contributed by atoms with Crippen LogP contribution < -0.4 is 5.32 Å². The maximum atomic E-state index is 10.8. The number of aryl methyl sites for hydroxylation is 1. The Morgan fingerprint density at radius 2 is 2.10 bits per heavy atom. The van der Waals surface area contributed by atoms with Gasteiger partial charge in [-0.2, -0.15) is 0 Å². The lowest BCUT2D eigenvalue weighted by Crippen LogP contribution is -2.07. The van der Waals surface area contributed by atoms with E-state index in [-0.39, 0.29) is 5.76 Å². The van der Waals surface area contributed by atoms with Gasteiger partial charge in [0.25, 0.3) is 0 Å². The Bertz CT molecular complexity index is 651. The second kappa shape index (κ2) is 5.95. The van der Waals surface area contributed by atoms with E-state index in [1.54, 1.807) is 12.4 Å². The van der Waals surface area contributed by atoms with Crippen molar-refractivity contribution >= 4 is 11.8 Å². The highest BCUT2D eigenvalue weighted by atomic mass is 16.4. The molecule has 0 fully saturated rings. The number of carboxylic acid groups (broad SMARTS) is 1. The quantitative estimate of drug-likeness (QED) is 0.840. The summed E-state index contributed by atoms with van der Waals surface area (Å²) in [4.78, 5) is 19.5. The molecular formula is C15H17N3O3. The Morgan fingerprint density at radius 3 is 2.90 bits per heavy atom. The highest BCUT2D eigenvalue weighted by Gasteiger charge is 2.15. The van der Waals surface area contributed by atoms with Crippen LogP contribution in [0.3, 0.4) is 0 Å². The summed E-state index contributed by atoms with van der Waals surface area (Å²) in [6.07, 6.45) is 7.10. The molecule has 0 bridgehead atoms. The first kappa shape index (κ1) is 13.6. The van der Waals surface area contributed by atoms with Gasteiger partial charge in [-0.1, -0.05) is 6.42 Å². The minimum absolute atomic E-state index is 0.0479. The van der Waals surface area contributed by atoms with Crippen molar-refractivity contribution in [2.24, 2.45) is 0 Å². The lowest BCUT2D eigenvalue weighted by atomic mass is 10.1. The van der Waals surface area contributed by atoms with Crippen LogP contribution in [-0.4, -0.2) is 21.0 Å². The average Bonchev–Trinajstić information content (AvgIpc) is 2.82. The van der Waals surface area contributed by atoms with Gasteiger partial charge in [0.1, 0.15) is 17.9 Å². The van der Waals surface area contributed by atoms with Crippen LogP contribution in [0, 0.1) is 0 Å². The first-order valence-electron chi connectivity index (χ1n) is 7.12. The van der Waals surface area contributed by atoms with E-state index < -0.39 is 5.97 Å². The third-order valence-electron chi connectivity index (χ3n) is 3.68. The summed E-state index contributed by atoms with van der Waals surface area (Å²) in [7, 11) is 0. The van der Waals surface area contributed by atoms with E-state index in [0.717, 1.165) is 30.8 Å². The Labute approximate surface area is 122 Å². The van der Waals surface area contributed by atoms with Gasteiger partial charge in [0, 0.05) is 11.3 Å². The predicted molar refractivity (Wildman–Crippen MR) is 76.3 cm³/mol. The van der Waals surface area contributed by atoms with E-state index >= 15 is 0 Å². The van der Waals surface area contributed by atoms with Crippen LogP contribution in [0.1, 0.15) is 46.8 Å². The zero-order valence-corrected chi connectivity index (χ0v) is 11.6. The summed E-state index contributed by atoms with van der Waals surface area (Å²) in [5, 5.41) is 12.1. The van der Waals surface area contributed by atoms with Crippen molar-refractivity contribution in [3.8, 4) is 0 Å². The number of nitrogens with zero attached hydrogens (tertiary/aromatic N) is 2. The van der Waals surface area contributed by atoms with Gasteiger partial charge in [-0.3, -0.25) is 0 Å². The first-order valence-corrected chi connectivity index (χ1v) is 7.12. The smallest absolute Gasteiger partial charge is 0.371 e. The van der Waals surface area contributed by atoms with Crippen LogP contribution in [0.25, 0.3) is 0 Å². The topological polar surface area (TPSA) is 88.2 Å². The molecule has 3 rings (SSSR count). The number of furan rings is 1. The number of carbonyl (C=O) groups is 1. The van der Waals surface area contributed by atoms with Gasteiger partial charge >= 0.3 is 5.97 Å². The van der Waals surface area contributed by atoms with E-state index in [4.69, 9.17) is 9.52 Å². The third kappa shape index (κ3) is 3.04.